The van der Waals surface area contributed by atoms with Gasteiger partial charge in [0, 0.05) is 0 Å². The van der Waals surface area contributed by atoms with Crippen molar-refractivity contribution in [3.8, 4) is 5.75 Å². The van der Waals surface area contributed by atoms with E-state index in [4.69, 9.17) is 14.6 Å². The normalized spacial score (nSPS) is 14.1. The van der Waals surface area contributed by atoms with Crippen LogP contribution < -0.4 is 4.74 Å². The quantitative estimate of drug-likeness (QED) is 0.781. The topological polar surface area (TPSA) is 76.0 Å². The number of carboxylic acids is 1. The van der Waals surface area contributed by atoms with E-state index < -0.39 is 18.2 Å². The van der Waals surface area contributed by atoms with E-state index in [1.54, 1.807) is 24.3 Å². The minimum atomic E-state index is -1.05. The molecule has 0 aromatic heterocycles. The second-order valence-electron chi connectivity index (χ2n) is 3.61. The molecule has 0 saturated carbocycles. The average Bonchev–Trinajstić information content (AvgIpc) is 2.35. The summed E-state index contributed by atoms with van der Waals surface area (Å²) in [6.45, 7) is 1.35. The lowest BCUT2D eigenvalue weighted by Crippen LogP contribution is -2.22. The smallest absolute Gasteiger partial charge is 0.332 e. The zero-order valence-corrected chi connectivity index (χ0v) is 9.79. The van der Waals surface area contributed by atoms with E-state index >= 15 is 0 Å². The summed E-state index contributed by atoms with van der Waals surface area (Å²) in [5.74, 6) is -0.421. The Bertz CT molecular complexity index is 377. The largest absolute Gasteiger partial charge is 0.497 e. The predicted molar refractivity (Wildman–Crippen MR) is 61.0 cm³/mol. The monoisotopic (exact) mass is 240 g/mol. The third kappa shape index (κ3) is 4.05. The van der Waals surface area contributed by atoms with Gasteiger partial charge < -0.3 is 19.7 Å². The molecule has 5 nitrogen and oxygen atoms in total. The molecule has 5 heteroatoms. The Balaban J connectivity index is 2.57. The number of hydrogen-bond acceptors (Lipinski definition) is 4. The summed E-state index contributed by atoms with van der Waals surface area (Å²) < 4.78 is 10.0. The van der Waals surface area contributed by atoms with Gasteiger partial charge >= 0.3 is 5.97 Å². The molecule has 0 aliphatic heterocycles. The van der Waals surface area contributed by atoms with E-state index in [1.165, 1.54) is 14.0 Å². The predicted octanol–water partition coefficient (Wildman–Crippen LogP) is 1.22. The fourth-order valence-electron chi connectivity index (χ4n) is 1.25. The van der Waals surface area contributed by atoms with E-state index in [0.717, 1.165) is 0 Å². The standard InChI is InChI=1S/C12H16O5/c1-8(12(14)15)17-7-11(13)9-4-3-5-10(6-9)16-2/h3-6,8,11,13H,7H2,1-2H3,(H,14,15)/t8-,11?/m0/s1. The lowest BCUT2D eigenvalue weighted by molar-refractivity contribution is -0.150. The van der Waals surface area contributed by atoms with Gasteiger partial charge in [-0.15, -0.1) is 0 Å². The molecule has 0 radical (unpaired) electrons. The number of aliphatic carboxylic acids is 1. The van der Waals surface area contributed by atoms with Gasteiger partial charge in [-0.1, -0.05) is 12.1 Å². The van der Waals surface area contributed by atoms with Gasteiger partial charge in [0.1, 0.15) is 11.9 Å². The van der Waals surface area contributed by atoms with E-state index in [2.05, 4.69) is 0 Å². The first-order valence-electron chi connectivity index (χ1n) is 5.21. The molecule has 0 saturated heterocycles. The van der Waals surface area contributed by atoms with Gasteiger partial charge in [-0.2, -0.15) is 0 Å². The molecule has 0 aliphatic rings. The van der Waals surface area contributed by atoms with Crippen molar-refractivity contribution in [1.29, 1.82) is 0 Å². The van der Waals surface area contributed by atoms with Gasteiger partial charge in [-0.3, -0.25) is 0 Å². The van der Waals surface area contributed by atoms with Crippen molar-refractivity contribution in [2.45, 2.75) is 19.1 Å². The highest BCUT2D eigenvalue weighted by atomic mass is 16.5. The second kappa shape index (κ2) is 6.22. The molecule has 0 heterocycles. The number of aliphatic hydroxyl groups excluding tert-OH is 1. The van der Waals surface area contributed by atoms with Crippen LogP contribution in [0.5, 0.6) is 5.75 Å². The first-order chi connectivity index (χ1) is 8.04. The van der Waals surface area contributed by atoms with Crippen molar-refractivity contribution in [1.82, 2.24) is 0 Å². The van der Waals surface area contributed by atoms with Gasteiger partial charge in [-0.25, -0.2) is 4.79 Å². The van der Waals surface area contributed by atoms with Crippen LogP contribution >= 0.6 is 0 Å². The first kappa shape index (κ1) is 13.5. The van der Waals surface area contributed by atoms with Crippen LogP contribution in [-0.4, -0.2) is 36.0 Å². The molecule has 1 rings (SSSR count). The minimum Gasteiger partial charge on any atom is -0.497 e. The summed E-state index contributed by atoms with van der Waals surface area (Å²) in [6.07, 6.45) is -1.80. The Labute approximate surface area is 99.6 Å². The van der Waals surface area contributed by atoms with Gasteiger partial charge in [0.25, 0.3) is 0 Å². The van der Waals surface area contributed by atoms with Crippen LogP contribution in [0.1, 0.15) is 18.6 Å². The Kier molecular flexibility index (Phi) is 4.93. The van der Waals surface area contributed by atoms with Gasteiger partial charge in [0.15, 0.2) is 6.10 Å². The lowest BCUT2D eigenvalue weighted by atomic mass is 10.1. The molecule has 0 amide bonds. The zero-order chi connectivity index (χ0) is 12.8. The second-order valence-corrected chi connectivity index (χ2v) is 3.61. The van der Waals surface area contributed by atoms with Crippen molar-refractivity contribution in [2.75, 3.05) is 13.7 Å². The summed E-state index contributed by atoms with van der Waals surface area (Å²) in [5.41, 5.74) is 0.627. The van der Waals surface area contributed by atoms with E-state index in [1.807, 2.05) is 0 Å². The van der Waals surface area contributed by atoms with Crippen LogP contribution in [-0.2, 0) is 9.53 Å². The summed E-state index contributed by atoms with van der Waals surface area (Å²) in [4.78, 5) is 10.5. The van der Waals surface area contributed by atoms with Crippen molar-refractivity contribution in [2.24, 2.45) is 0 Å². The summed E-state index contributed by atoms with van der Waals surface area (Å²) in [6, 6.07) is 6.91. The number of carboxylic acid groups (broad SMARTS) is 1. The highest BCUT2D eigenvalue weighted by Gasteiger charge is 2.15. The van der Waals surface area contributed by atoms with E-state index in [9.17, 15) is 9.90 Å². The molecule has 2 atom stereocenters. The Morgan fingerprint density at radius 2 is 2.18 bits per heavy atom. The maximum absolute atomic E-state index is 10.5. The molecule has 2 N–H and O–H groups in total. The molecule has 0 spiro atoms. The Morgan fingerprint density at radius 3 is 2.76 bits per heavy atom. The molecule has 1 aromatic rings. The number of hydrogen-bond donors (Lipinski definition) is 2. The van der Waals surface area contributed by atoms with Crippen LogP contribution in [0, 0.1) is 0 Å². The first-order valence-corrected chi connectivity index (χ1v) is 5.21. The van der Waals surface area contributed by atoms with Crippen molar-refractivity contribution < 1.29 is 24.5 Å². The number of rotatable bonds is 6. The number of aliphatic hydroxyl groups is 1. The average molecular weight is 240 g/mol. The maximum Gasteiger partial charge on any atom is 0.332 e. The third-order valence-corrected chi connectivity index (χ3v) is 2.33. The maximum atomic E-state index is 10.5. The molecule has 0 bridgehead atoms. The van der Waals surface area contributed by atoms with Crippen molar-refractivity contribution >= 4 is 5.97 Å². The highest BCUT2D eigenvalue weighted by Crippen LogP contribution is 2.19. The number of ether oxygens (including phenoxy) is 2. The molecular weight excluding hydrogens is 224 g/mol. The Morgan fingerprint density at radius 1 is 1.47 bits per heavy atom. The minimum absolute atomic E-state index is 0.0688. The van der Waals surface area contributed by atoms with Gasteiger partial charge in [0.05, 0.1) is 13.7 Å². The van der Waals surface area contributed by atoms with Crippen LogP contribution in [0.25, 0.3) is 0 Å². The zero-order valence-electron chi connectivity index (χ0n) is 9.79. The Hall–Kier alpha value is -1.59. The van der Waals surface area contributed by atoms with Crippen molar-refractivity contribution in [3.05, 3.63) is 29.8 Å². The molecule has 0 aliphatic carbocycles. The van der Waals surface area contributed by atoms with Gasteiger partial charge in [-0.05, 0) is 24.6 Å². The number of carbonyl (C=O) groups is 1. The molecule has 0 fully saturated rings. The van der Waals surface area contributed by atoms with Crippen molar-refractivity contribution in [3.63, 3.8) is 0 Å². The van der Waals surface area contributed by atoms with Crippen LogP contribution in [0.4, 0.5) is 0 Å². The summed E-state index contributed by atoms with van der Waals surface area (Å²) in [7, 11) is 1.54. The molecule has 17 heavy (non-hydrogen) atoms. The molecule has 1 aromatic carbocycles. The molecule has 1 unspecified atom stereocenters. The summed E-state index contributed by atoms with van der Waals surface area (Å²) >= 11 is 0. The number of methoxy groups -OCH3 is 1. The van der Waals surface area contributed by atoms with Crippen LogP contribution in [0.2, 0.25) is 0 Å². The SMILES string of the molecule is COc1cccc(C(O)CO[C@@H](C)C(=O)O)c1. The van der Waals surface area contributed by atoms with Crippen LogP contribution in [0.3, 0.4) is 0 Å². The fourth-order valence-corrected chi connectivity index (χ4v) is 1.25. The van der Waals surface area contributed by atoms with E-state index in [-0.39, 0.29) is 6.61 Å². The van der Waals surface area contributed by atoms with Gasteiger partial charge in [0.2, 0.25) is 0 Å². The highest BCUT2D eigenvalue weighted by molar-refractivity contribution is 5.71. The fraction of sp³-hybridized carbons (Fsp3) is 0.417. The molecular formula is C12H16O5. The summed E-state index contributed by atoms with van der Waals surface area (Å²) in [5, 5.41) is 18.4. The third-order valence-electron chi connectivity index (χ3n) is 2.33. The number of benzene rings is 1. The van der Waals surface area contributed by atoms with E-state index in [0.29, 0.717) is 11.3 Å². The lowest BCUT2D eigenvalue weighted by Gasteiger charge is -2.14. The van der Waals surface area contributed by atoms with Crippen LogP contribution in [0.15, 0.2) is 24.3 Å². The molecule has 94 valence electrons.